The van der Waals surface area contributed by atoms with Gasteiger partial charge in [0.1, 0.15) is 0 Å². The lowest BCUT2D eigenvalue weighted by Crippen LogP contribution is -2.31. The van der Waals surface area contributed by atoms with Crippen molar-refractivity contribution in [1.29, 1.82) is 0 Å². The molecule has 0 spiro atoms. The molecule has 1 aromatic heterocycles. The fourth-order valence-corrected chi connectivity index (χ4v) is 2.48. The molecular formula is C15H25N3O. The van der Waals surface area contributed by atoms with Crippen LogP contribution in [0.1, 0.15) is 32.8 Å². The molecule has 0 bridgehead atoms. The van der Waals surface area contributed by atoms with E-state index in [2.05, 4.69) is 35.2 Å². The minimum atomic E-state index is 0.159. The Kier molecular flexibility index (Phi) is 4.77. The lowest BCUT2D eigenvalue weighted by atomic mass is 10.2. The van der Waals surface area contributed by atoms with Crippen molar-refractivity contribution in [2.24, 2.45) is 0 Å². The van der Waals surface area contributed by atoms with Gasteiger partial charge in [-0.15, -0.1) is 0 Å². The molecule has 2 heterocycles. The summed E-state index contributed by atoms with van der Waals surface area (Å²) in [4.78, 5) is 6.72. The van der Waals surface area contributed by atoms with E-state index in [-0.39, 0.29) is 6.10 Å². The fourth-order valence-electron chi connectivity index (χ4n) is 2.48. The molecule has 106 valence electrons. The number of ether oxygens (including phenoxy) is 1. The van der Waals surface area contributed by atoms with Crippen LogP contribution in [0, 0.1) is 0 Å². The first-order valence-corrected chi connectivity index (χ1v) is 7.10. The van der Waals surface area contributed by atoms with Crippen LogP contribution < -0.4 is 10.1 Å². The van der Waals surface area contributed by atoms with Crippen LogP contribution in [-0.2, 0) is 6.54 Å². The SMILES string of the molecule is CC(C)Oc1ncccc1CNC1CC(C)N(C)C1. The number of aromatic nitrogens is 1. The van der Waals surface area contributed by atoms with Gasteiger partial charge in [0.25, 0.3) is 0 Å². The number of likely N-dealkylation sites (tertiary alicyclic amines) is 1. The lowest BCUT2D eigenvalue weighted by molar-refractivity contribution is 0.229. The van der Waals surface area contributed by atoms with Crippen molar-refractivity contribution in [1.82, 2.24) is 15.2 Å². The zero-order valence-electron chi connectivity index (χ0n) is 12.4. The number of pyridine rings is 1. The van der Waals surface area contributed by atoms with E-state index in [9.17, 15) is 0 Å². The molecule has 0 radical (unpaired) electrons. The third kappa shape index (κ3) is 3.91. The molecule has 1 aliphatic rings. The summed E-state index contributed by atoms with van der Waals surface area (Å²) in [5.74, 6) is 0.754. The van der Waals surface area contributed by atoms with Crippen molar-refractivity contribution in [2.75, 3.05) is 13.6 Å². The summed E-state index contributed by atoms with van der Waals surface area (Å²) in [5.41, 5.74) is 1.14. The Hall–Kier alpha value is -1.13. The summed E-state index contributed by atoms with van der Waals surface area (Å²) in [7, 11) is 2.18. The predicted octanol–water partition coefficient (Wildman–Crippen LogP) is 2.05. The smallest absolute Gasteiger partial charge is 0.218 e. The van der Waals surface area contributed by atoms with Crippen LogP contribution in [0.3, 0.4) is 0 Å². The summed E-state index contributed by atoms with van der Waals surface area (Å²) >= 11 is 0. The van der Waals surface area contributed by atoms with Gasteiger partial charge in [-0.2, -0.15) is 0 Å². The molecule has 0 amide bonds. The molecule has 1 aromatic rings. The molecular weight excluding hydrogens is 238 g/mol. The average molecular weight is 263 g/mol. The predicted molar refractivity (Wildman–Crippen MR) is 77.3 cm³/mol. The Morgan fingerprint density at radius 2 is 2.32 bits per heavy atom. The minimum Gasteiger partial charge on any atom is -0.475 e. The first-order valence-electron chi connectivity index (χ1n) is 7.10. The van der Waals surface area contributed by atoms with Crippen molar-refractivity contribution in [2.45, 2.75) is 51.9 Å². The molecule has 0 aromatic carbocycles. The minimum absolute atomic E-state index is 0.159. The molecule has 19 heavy (non-hydrogen) atoms. The van der Waals surface area contributed by atoms with E-state index in [0.717, 1.165) is 24.5 Å². The second-order valence-corrected chi connectivity index (χ2v) is 5.74. The normalized spacial score (nSPS) is 24.1. The topological polar surface area (TPSA) is 37.4 Å². The molecule has 2 unspecified atom stereocenters. The number of nitrogens with zero attached hydrogens (tertiary/aromatic N) is 2. The highest BCUT2D eigenvalue weighted by molar-refractivity contribution is 5.25. The Labute approximate surface area is 116 Å². The van der Waals surface area contributed by atoms with Crippen molar-refractivity contribution in [3.8, 4) is 5.88 Å². The van der Waals surface area contributed by atoms with E-state index in [1.807, 2.05) is 19.9 Å². The maximum absolute atomic E-state index is 5.74. The van der Waals surface area contributed by atoms with Gasteiger partial charge in [-0.25, -0.2) is 4.98 Å². The van der Waals surface area contributed by atoms with Crippen LogP contribution in [0.2, 0.25) is 0 Å². The zero-order chi connectivity index (χ0) is 13.8. The summed E-state index contributed by atoms with van der Waals surface area (Å²) in [6.07, 6.45) is 3.15. The van der Waals surface area contributed by atoms with Gasteiger partial charge in [0.05, 0.1) is 6.10 Å². The molecule has 1 saturated heterocycles. The molecule has 4 heteroatoms. The third-order valence-corrected chi connectivity index (χ3v) is 3.66. The molecule has 2 atom stereocenters. The summed E-state index contributed by atoms with van der Waals surface area (Å²) in [5, 5.41) is 3.61. The van der Waals surface area contributed by atoms with E-state index in [1.54, 1.807) is 6.20 Å². The summed E-state index contributed by atoms with van der Waals surface area (Å²) in [6, 6.07) is 5.28. The lowest BCUT2D eigenvalue weighted by Gasteiger charge is -2.16. The molecule has 1 aliphatic heterocycles. The van der Waals surface area contributed by atoms with Crippen LogP contribution in [0.15, 0.2) is 18.3 Å². The fraction of sp³-hybridized carbons (Fsp3) is 0.667. The van der Waals surface area contributed by atoms with E-state index >= 15 is 0 Å². The van der Waals surface area contributed by atoms with E-state index < -0.39 is 0 Å². The van der Waals surface area contributed by atoms with E-state index in [0.29, 0.717) is 12.1 Å². The average Bonchev–Trinajstić information content (AvgIpc) is 2.67. The van der Waals surface area contributed by atoms with Gasteiger partial charge in [0.2, 0.25) is 5.88 Å². The van der Waals surface area contributed by atoms with Crippen molar-refractivity contribution in [3.63, 3.8) is 0 Å². The van der Waals surface area contributed by atoms with Gasteiger partial charge >= 0.3 is 0 Å². The second kappa shape index (κ2) is 6.35. The van der Waals surface area contributed by atoms with Crippen LogP contribution >= 0.6 is 0 Å². The molecule has 2 rings (SSSR count). The number of hydrogen-bond donors (Lipinski definition) is 1. The van der Waals surface area contributed by atoms with Crippen LogP contribution in [0.5, 0.6) is 5.88 Å². The molecule has 0 aliphatic carbocycles. The van der Waals surface area contributed by atoms with Gasteiger partial charge in [-0.1, -0.05) is 6.07 Å². The molecule has 0 saturated carbocycles. The van der Waals surface area contributed by atoms with E-state index in [1.165, 1.54) is 6.42 Å². The van der Waals surface area contributed by atoms with Gasteiger partial charge in [0.15, 0.2) is 0 Å². The van der Waals surface area contributed by atoms with Gasteiger partial charge in [-0.05, 0) is 40.3 Å². The van der Waals surface area contributed by atoms with Gasteiger partial charge in [0, 0.05) is 36.9 Å². The Morgan fingerprint density at radius 3 is 2.95 bits per heavy atom. The summed E-state index contributed by atoms with van der Waals surface area (Å²) in [6.45, 7) is 8.26. The van der Waals surface area contributed by atoms with Gasteiger partial charge in [-0.3, -0.25) is 0 Å². The Balaban J connectivity index is 1.92. The maximum Gasteiger partial charge on any atom is 0.218 e. The standard InChI is InChI=1S/C15H25N3O/c1-11(2)19-15-13(6-5-7-16-15)9-17-14-8-12(3)18(4)10-14/h5-7,11-12,14,17H,8-10H2,1-4H3. The maximum atomic E-state index is 5.74. The monoisotopic (exact) mass is 263 g/mol. The van der Waals surface area contributed by atoms with Crippen molar-refractivity contribution < 1.29 is 4.74 Å². The highest BCUT2D eigenvalue weighted by Crippen LogP contribution is 2.18. The molecule has 4 nitrogen and oxygen atoms in total. The van der Waals surface area contributed by atoms with E-state index in [4.69, 9.17) is 4.74 Å². The molecule has 1 N–H and O–H groups in total. The number of hydrogen-bond acceptors (Lipinski definition) is 4. The largest absolute Gasteiger partial charge is 0.475 e. The molecule has 1 fully saturated rings. The highest BCUT2D eigenvalue weighted by atomic mass is 16.5. The summed E-state index contributed by atoms with van der Waals surface area (Å²) < 4.78 is 5.74. The third-order valence-electron chi connectivity index (χ3n) is 3.66. The van der Waals surface area contributed by atoms with Crippen LogP contribution in [-0.4, -0.2) is 41.7 Å². The number of nitrogens with one attached hydrogen (secondary N) is 1. The Bertz CT molecular complexity index is 398. The van der Waals surface area contributed by atoms with Crippen LogP contribution in [0.4, 0.5) is 0 Å². The quantitative estimate of drug-likeness (QED) is 0.882. The number of rotatable bonds is 5. The van der Waals surface area contributed by atoms with Crippen LogP contribution in [0.25, 0.3) is 0 Å². The Morgan fingerprint density at radius 1 is 1.53 bits per heavy atom. The second-order valence-electron chi connectivity index (χ2n) is 5.74. The first kappa shape index (κ1) is 14.3. The number of likely N-dealkylation sites (N-methyl/N-ethyl adjacent to an activating group) is 1. The zero-order valence-corrected chi connectivity index (χ0v) is 12.4. The van der Waals surface area contributed by atoms with Crippen molar-refractivity contribution >= 4 is 0 Å². The van der Waals surface area contributed by atoms with Gasteiger partial charge < -0.3 is 15.0 Å². The van der Waals surface area contributed by atoms with Crippen molar-refractivity contribution in [3.05, 3.63) is 23.9 Å². The highest BCUT2D eigenvalue weighted by Gasteiger charge is 2.25. The first-order chi connectivity index (χ1) is 9.06.